The normalized spacial score (nSPS) is 11.0. The van der Waals surface area contributed by atoms with Crippen LogP contribution in [-0.2, 0) is 11.2 Å². The van der Waals surface area contributed by atoms with E-state index in [4.69, 9.17) is 5.11 Å². The van der Waals surface area contributed by atoms with Crippen LogP contribution >= 0.6 is 0 Å². The summed E-state index contributed by atoms with van der Waals surface area (Å²) in [6, 6.07) is 6.10. The molecule has 2 rings (SSSR count). The molecule has 0 atom stereocenters. The maximum atomic E-state index is 12.5. The van der Waals surface area contributed by atoms with Gasteiger partial charge >= 0.3 is 0 Å². The van der Waals surface area contributed by atoms with Crippen LogP contribution in [0.4, 0.5) is 0 Å². The Morgan fingerprint density at radius 1 is 1.33 bits per heavy atom. The predicted octanol–water partition coefficient (Wildman–Crippen LogP) is 2.64. The molecule has 0 fully saturated rings. The van der Waals surface area contributed by atoms with Crippen molar-refractivity contribution >= 4 is 16.8 Å². The number of nitrogens with one attached hydrogen (secondary N) is 1. The van der Waals surface area contributed by atoms with E-state index in [1.54, 1.807) is 4.90 Å². The standard InChI is InChI=1S/C17H24N2O2/c1-3-4-8-19(9-10-20)16(21)11-14-12-18-15-7-5-6-13(2)17(14)15/h5-7,12,18,20H,3-4,8-11H2,1-2H3. The highest BCUT2D eigenvalue weighted by molar-refractivity contribution is 5.91. The highest BCUT2D eigenvalue weighted by Gasteiger charge is 2.16. The van der Waals surface area contributed by atoms with Crippen LogP contribution in [0.3, 0.4) is 0 Å². The molecule has 0 aliphatic rings. The van der Waals surface area contributed by atoms with Gasteiger partial charge in [-0.15, -0.1) is 0 Å². The van der Waals surface area contributed by atoms with E-state index in [1.165, 1.54) is 5.56 Å². The number of benzene rings is 1. The molecule has 0 saturated heterocycles. The van der Waals surface area contributed by atoms with Crippen molar-refractivity contribution in [3.8, 4) is 0 Å². The van der Waals surface area contributed by atoms with Gasteiger partial charge in [0.25, 0.3) is 0 Å². The van der Waals surface area contributed by atoms with Crippen LogP contribution in [0, 0.1) is 6.92 Å². The lowest BCUT2D eigenvalue weighted by atomic mass is 10.0. The number of H-pyrrole nitrogens is 1. The van der Waals surface area contributed by atoms with Gasteiger partial charge in [0.05, 0.1) is 13.0 Å². The zero-order chi connectivity index (χ0) is 15.2. The summed E-state index contributed by atoms with van der Waals surface area (Å²) >= 11 is 0. The lowest BCUT2D eigenvalue weighted by molar-refractivity contribution is -0.131. The molecule has 0 saturated carbocycles. The summed E-state index contributed by atoms with van der Waals surface area (Å²) in [5.74, 6) is 0.0849. The first-order valence-corrected chi connectivity index (χ1v) is 7.61. The third-order valence-corrected chi connectivity index (χ3v) is 3.84. The van der Waals surface area contributed by atoms with Crippen molar-refractivity contribution in [2.75, 3.05) is 19.7 Å². The summed E-state index contributed by atoms with van der Waals surface area (Å²) in [6.45, 7) is 5.32. The highest BCUT2D eigenvalue weighted by atomic mass is 16.3. The molecule has 21 heavy (non-hydrogen) atoms. The Morgan fingerprint density at radius 3 is 2.86 bits per heavy atom. The minimum Gasteiger partial charge on any atom is -0.395 e. The largest absolute Gasteiger partial charge is 0.395 e. The van der Waals surface area contributed by atoms with Crippen LogP contribution in [0.15, 0.2) is 24.4 Å². The third kappa shape index (κ3) is 3.64. The summed E-state index contributed by atoms with van der Waals surface area (Å²) in [5, 5.41) is 10.3. The fourth-order valence-corrected chi connectivity index (χ4v) is 2.70. The Hall–Kier alpha value is -1.81. The van der Waals surface area contributed by atoms with E-state index in [0.29, 0.717) is 13.0 Å². The Morgan fingerprint density at radius 2 is 2.14 bits per heavy atom. The van der Waals surface area contributed by atoms with Gasteiger partial charge in [-0.2, -0.15) is 0 Å². The number of hydrogen-bond donors (Lipinski definition) is 2. The monoisotopic (exact) mass is 288 g/mol. The molecular weight excluding hydrogens is 264 g/mol. The van der Waals surface area contributed by atoms with Gasteiger partial charge in [0.1, 0.15) is 0 Å². The molecule has 1 amide bonds. The Kier molecular flexibility index (Phi) is 5.39. The Labute approximate surface area is 125 Å². The quantitative estimate of drug-likeness (QED) is 0.823. The third-order valence-electron chi connectivity index (χ3n) is 3.84. The van der Waals surface area contributed by atoms with Gasteiger partial charge < -0.3 is 15.0 Å². The fourth-order valence-electron chi connectivity index (χ4n) is 2.70. The van der Waals surface area contributed by atoms with Gasteiger partial charge in [-0.05, 0) is 30.5 Å². The second-order valence-corrected chi connectivity index (χ2v) is 5.45. The molecule has 0 spiro atoms. The van der Waals surface area contributed by atoms with E-state index in [9.17, 15) is 4.79 Å². The number of amides is 1. The number of rotatable bonds is 7. The number of hydrogen-bond acceptors (Lipinski definition) is 2. The number of aromatic amines is 1. The Bertz CT molecular complexity index is 604. The summed E-state index contributed by atoms with van der Waals surface area (Å²) in [4.78, 5) is 17.5. The van der Waals surface area contributed by atoms with Crippen LogP contribution in [0.5, 0.6) is 0 Å². The predicted molar refractivity (Wildman–Crippen MR) is 85.3 cm³/mol. The second kappa shape index (κ2) is 7.27. The zero-order valence-electron chi connectivity index (χ0n) is 12.9. The molecule has 0 radical (unpaired) electrons. The molecule has 1 aromatic heterocycles. The Balaban J connectivity index is 2.16. The number of aliphatic hydroxyl groups excluding tert-OH is 1. The van der Waals surface area contributed by atoms with Gasteiger partial charge in [0.2, 0.25) is 5.91 Å². The summed E-state index contributed by atoms with van der Waals surface area (Å²) in [7, 11) is 0. The van der Waals surface area contributed by atoms with E-state index in [-0.39, 0.29) is 12.5 Å². The van der Waals surface area contributed by atoms with Gasteiger partial charge in [0.15, 0.2) is 0 Å². The molecule has 1 heterocycles. The lowest BCUT2D eigenvalue weighted by Crippen LogP contribution is -2.35. The van der Waals surface area contributed by atoms with Crippen molar-refractivity contribution < 1.29 is 9.90 Å². The molecule has 0 bridgehead atoms. The van der Waals surface area contributed by atoms with Crippen molar-refractivity contribution in [3.63, 3.8) is 0 Å². The van der Waals surface area contributed by atoms with Gasteiger partial charge in [0, 0.05) is 30.2 Å². The van der Waals surface area contributed by atoms with Crippen molar-refractivity contribution in [1.82, 2.24) is 9.88 Å². The fraction of sp³-hybridized carbons (Fsp3) is 0.471. The minimum atomic E-state index is 0.0162. The molecule has 2 N–H and O–H groups in total. The molecular formula is C17H24N2O2. The van der Waals surface area contributed by atoms with Crippen molar-refractivity contribution in [3.05, 3.63) is 35.5 Å². The number of carbonyl (C=O) groups excluding carboxylic acids is 1. The number of aromatic nitrogens is 1. The van der Waals surface area contributed by atoms with E-state index in [2.05, 4.69) is 24.9 Å². The van der Waals surface area contributed by atoms with Crippen LogP contribution in [0.25, 0.3) is 10.9 Å². The van der Waals surface area contributed by atoms with Gasteiger partial charge in [-0.25, -0.2) is 0 Å². The molecule has 0 aliphatic carbocycles. The van der Waals surface area contributed by atoms with Crippen LogP contribution in [0.1, 0.15) is 30.9 Å². The van der Waals surface area contributed by atoms with Gasteiger partial charge in [-0.1, -0.05) is 25.5 Å². The van der Waals surface area contributed by atoms with Crippen molar-refractivity contribution in [1.29, 1.82) is 0 Å². The first-order chi connectivity index (χ1) is 10.2. The average Bonchev–Trinajstić information content (AvgIpc) is 2.88. The highest BCUT2D eigenvalue weighted by Crippen LogP contribution is 2.22. The maximum absolute atomic E-state index is 12.5. The number of nitrogens with zero attached hydrogens (tertiary/aromatic N) is 1. The number of aliphatic hydroxyl groups is 1. The summed E-state index contributed by atoms with van der Waals surface area (Å²) < 4.78 is 0. The van der Waals surface area contributed by atoms with Crippen molar-refractivity contribution in [2.45, 2.75) is 33.1 Å². The topological polar surface area (TPSA) is 56.3 Å². The van der Waals surface area contributed by atoms with Crippen LogP contribution in [0.2, 0.25) is 0 Å². The molecule has 4 nitrogen and oxygen atoms in total. The van der Waals surface area contributed by atoms with Crippen molar-refractivity contribution in [2.24, 2.45) is 0 Å². The number of aryl methyl sites for hydroxylation is 1. The zero-order valence-corrected chi connectivity index (χ0v) is 12.9. The van der Waals surface area contributed by atoms with Crippen LogP contribution < -0.4 is 0 Å². The lowest BCUT2D eigenvalue weighted by Gasteiger charge is -2.21. The smallest absolute Gasteiger partial charge is 0.227 e. The summed E-state index contributed by atoms with van der Waals surface area (Å²) in [6.07, 6.45) is 4.32. The first-order valence-electron chi connectivity index (χ1n) is 7.61. The van der Waals surface area contributed by atoms with Crippen LogP contribution in [-0.4, -0.2) is 40.6 Å². The molecule has 4 heteroatoms. The molecule has 114 valence electrons. The molecule has 0 aliphatic heterocycles. The SMILES string of the molecule is CCCCN(CCO)C(=O)Cc1c[nH]c2cccc(C)c12. The van der Waals surface area contributed by atoms with E-state index < -0.39 is 0 Å². The molecule has 1 aromatic carbocycles. The van der Waals surface area contributed by atoms with E-state index in [1.807, 2.05) is 18.3 Å². The second-order valence-electron chi connectivity index (χ2n) is 5.45. The van der Waals surface area contributed by atoms with E-state index in [0.717, 1.165) is 35.9 Å². The first kappa shape index (κ1) is 15.6. The molecule has 0 unspecified atom stereocenters. The van der Waals surface area contributed by atoms with E-state index >= 15 is 0 Å². The minimum absolute atomic E-state index is 0.0162. The van der Waals surface area contributed by atoms with Gasteiger partial charge in [-0.3, -0.25) is 4.79 Å². The number of carbonyl (C=O) groups is 1. The number of fused-ring (bicyclic) bond motifs is 1. The average molecular weight is 288 g/mol. The number of unbranched alkanes of at least 4 members (excludes halogenated alkanes) is 1. The maximum Gasteiger partial charge on any atom is 0.227 e. The molecule has 2 aromatic rings. The summed E-state index contributed by atoms with van der Waals surface area (Å²) in [5.41, 5.74) is 3.28.